The van der Waals surface area contributed by atoms with Gasteiger partial charge in [-0.05, 0) is 6.42 Å². The van der Waals surface area contributed by atoms with Crippen LogP contribution in [0.15, 0.2) is 4.99 Å². The van der Waals surface area contributed by atoms with E-state index in [-0.39, 0.29) is 11.6 Å². The average molecular weight is 156 g/mol. The van der Waals surface area contributed by atoms with Gasteiger partial charge in [-0.25, -0.2) is 9.83 Å². The van der Waals surface area contributed by atoms with Crippen molar-refractivity contribution in [2.24, 2.45) is 10.4 Å². The zero-order valence-corrected chi connectivity index (χ0v) is 7.64. The minimum absolute atomic E-state index is 0.0178. The molecule has 3 heteroatoms. The quantitative estimate of drug-likeness (QED) is 0.627. The van der Waals surface area contributed by atoms with Crippen molar-refractivity contribution in [1.82, 2.24) is 5.48 Å². The molecule has 0 amide bonds. The van der Waals surface area contributed by atoms with Crippen molar-refractivity contribution >= 4 is 5.84 Å². The van der Waals surface area contributed by atoms with Crippen LogP contribution in [0.4, 0.5) is 0 Å². The molecule has 64 valence electrons. The maximum absolute atomic E-state index is 5.19. The second-order valence-corrected chi connectivity index (χ2v) is 3.81. The minimum atomic E-state index is 0.0178. The first-order valence-electron chi connectivity index (χ1n) is 4.04. The van der Waals surface area contributed by atoms with E-state index in [1.807, 2.05) is 0 Å². The molecule has 1 aliphatic rings. The van der Waals surface area contributed by atoms with Gasteiger partial charge in [-0.1, -0.05) is 27.7 Å². The van der Waals surface area contributed by atoms with Crippen molar-refractivity contribution in [2.75, 3.05) is 0 Å². The van der Waals surface area contributed by atoms with Gasteiger partial charge in [0.05, 0.1) is 0 Å². The first-order valence-corrected chi connectivity index (χ1v) is 4.04. The molecule has 0 aromatic rings. The van der Waals surface area contributed by atoms with Crippen molar-refractivity contribution in [3.63, 3.8) is 0 Å². The molecule has 1 aliphatic heterocycles. The fourth-order valence-electron chi connectivity index (χ4n) is 0.842. The van der Waals surface area contributed by atoms with Crippen LogP contribution in [-0.4, -0.2) is 12.1 Å². The molecule has 0 saturated carbocycles. The number of nitrogens with one attached hydrogen (secondary N) is 1. The predicted molar refractivity (Wildman–Crippen MR) is 45.2 cm³/mol. The molecule has 0 spiro atoms. The van der Waals surface area contributed by atoms with E-state index < -0.39 is 0 Å². The summed E-state index contributed by atoms with van der Waals surface area (Å²) in [7, 11) is 0. The summed E-state index contributed by atoms with van der Waals surface area (Å²) < 4.78 is 0. The number of hydroxylamine groups is 1. The largest absolute Gasteiger partial charge is 0.250 e. The monoisotopic (exact) mass is 156 g/mol. The van der Waals surface area contributed by atoms with Crippen molar-refractivity contribution in [1.29, 1.82) is 0 Å². The molecule has 1 unspecified atom stereocenters. The lowest BCUT2D eigenvalue weighted by molar-refractivity contribution is 0.0343. The van der Waals surface area contributed by atoms with Gasteiger partial charge in [0.1, 0.15) is 5.84 Å². The SMILES string of the molecule is CCC1N=C(C(C)(C)C)NO1. The zero-order chi connectivity index (χ0) is 8.48. The van der Waals surface area contributed by atoms with Gasteiger partial charge in [-0.2, -0.15) is 0 Å². The van der Waals surface area contributed by atoms with E-state index in [1.165, 1.54) is 0 Å². The van der Waals surface area contributed by atoms with E-state index in [9.17, 15) is 0 Å². The molecule has 0 aromatic carbocycles. The molecular weight excluding hydrogens is 140 g/mol. The normalized spacial score (nSPS) is 24.7. The molecule has 1 N–H and O–H groups in total. The molecule has 0 bridgehead atoms. The second-order valence-electron chi connectivity index (χ2n) is 3.81. The highest BCUT2D eigenvalue weighted by Gasteiger charge is 2.25. The van der Waals surface area contributed by atoms with Crippen molar-refractivity contribution in [3.05, 3.63) is 0 Å². The predicted octanol–water partition coefficient (Wildman–Crippen LogP) is 1.70. The molecule has 0 aliphatic carbocycles. The van der Waals surface area contributed by atoms with E-state index in [4.69, 9.17) is 4.84 Å². The molecule has 0 radical (unpaired) electrons. The highest BCUT2D eigenvalue weighted by Crippen LogP contribution is 2.19. The third kappa shape index (κ3) is 1.93. The van der Waals surface area contributed by atoms with Crippen LogP contribution < -0.4 is 5.48 Å². The summed E-state index contributed by atoms with van der Waals surface area (Å²) in [6.07, 6.45) is 0.941. The van der Waals surface area contributed by atoms with Crippen LogP contribution in [0.5, 0.6) is 0 Å². The van der Waals surface area contributed by atoms with E-state index in [0.29, 0.717) is 0 Å². The number of aliphatic imine (C=N–C) groups is 1. The van der Waals surface area contributed by atoms with Crippen LogP contribution in [0.25, 0.3) is 0 Å². The number of rotatable bonds is 1. The van der Waals surface area contributed by atoms with E-state index in [1.54, 1.807) is 0 Å². The van der Waals surface area contributed by atoms with E-state index >= 15 is 0 Å². The Bertz CT molecular complexity index is 169. The lowest BCUT2D eigenvalue weighted by Gasteiger charge is -2.16. The Balaban J connectivity index is 2.62. The number of amidine groups is 1. The number of hydrogen-bond acceptors (Lipinski definition) is 3. The summed E-state index contributed by atoms with van der Waals surface area (Å²) in [6, 6.07) is 0. The number of nitrogens with zero attached hydrogens (tertiary/aromatic N) is 1. The molecule has 0 aromatic heterocycles. The first-order chi connectivity index (χ1) is 5.04. The highest BCUT2D eigenvalue weighted by molar-refractivity contribution is 5.87. The van der Waals surface area contributed by atoms with Gasteiger partial charge in [-0.15, -0.1) is 0 Å². The van der Waals surface area contributed by atoms with Crippen LogP contribution in [0.1, 0.15) is 34.1 Å². The molecular formula is C8H16N2O. The molecule has 1 atom stereocenters. The van der Waals surface area contributed by atoms with Gasteiger partial charge in [-0.3, -0.25) is 5.48 Å². The third-order valence-corrected chi connectivity index (χ3v) is 1.62. The van der Waals surface area contributed by atoms with Crippen molar-refractivity contribution in [2.45, 2.75) is 40.3 Å². The van der Waals surface area contributed by atoms with Gasteiger partial charge >= 0.3 is 0 Å². The lowest BCUT2D eigenvalue weighted by atomic mass is 9.95. The van der Waals surface area contributed by atoms with Crippen LogP contribution in [-0.2, 0) is 4.84 Å². The fraction of sp³-hybridized carbons (Fsp3) is 0.875. The lowest BCUT2D eigenvalue weighted by Crippen LogP contribution is -2.30. The van der Waals surface area contributed by atoms with Gasteiger partial charge in [0.2, 0.25) is 0 Å². The average Bonchev–Trinajstić information content (AvgIpc) is 2.32. The zero-order valence-electron chi connectivity index (χ0n) is 7.64. The van der Waals surface area contributed by atoms with E-state index in [0.717, 1.165) is 12.3 Å². The Labute approximate surface area is 67.8 Å². The molecule has 3 nitrogen and oxygen atoms in total. The van der Waals surface area contributed by atoms with Crippen LogP contribution >= 0.6 is 0 Å². The summed E-state index contributed by atoms with van der Waals surface area (Å²) in [5.41, 5.74) is 2.92. The van der Waals surface area contributed by atoms with Crippen molar-refractivity contribution in [3.8, 4) is 0 Å². The summed E-state index contributed by atoms with van der Waals surface area (Å²) in [4.78, 5) is 9.55. The minimum Gasteiger partial charge on any atom is -0.250 e. The summed E-state index contributed by atoms with van der Waals surface area (Å²) in [5.74, 6) is 0.948. The number of hydrogen-bond donors (Lipinski definition) is 1. The van der Waals surface area contributed by atoms with Gasteiger partial charge in [0.25, 0.3) is 0 Å². The van der Waals surface area contributed by atoms with Gasteiger partial charge in [0, 0.05) is 5.41 Å². The smallest absolute Gasteiger partial charge is 0.176 e. The maximum Gasteiger partial charge on any atom is 0.176 e. The van der Waals surface area contributed by atoms with E-state index in [2.05, 4.69) is 38.2 Å². The first kappa shape index (κ1) is 8.53. The van der Waals surface area contributed by atoms with Crippen LogP contribution in [0.3, 0.4) is 0 Å². The van der Waals surface area contributed by atoms with Gasteiger partial charge < -0.3 is 0 Å². The summed E-state index contributed by atoms with van der Waals surface area (Å²) in [5, 5.41) is 0. The maximum atomic E-state index is 5.19. The fourth-order valence-corrected chi connectivity index (χ4v) is 0.842. The Morgan fingerprint density at radius 1 is 1.55 bits per heavy atom. The molecule has 1 heterocycles. The third-order valence-electron chi connectivity index (χ3n) is 1.62. The van der Waals surface area contributed by atoms with Crippen LogP contribution in [0.2, 0.25) is 0 Å². The van der Waals surface area contributed by atoms with Crippen molar-refractivity contribution < 1.29 is 4.84 Å². The molecule has 0 saturated heterocycles. The molecule has 1 rings (SSSR count). The topological polar surface area (TPSA) is 33.6 Å². The van der Waals surface area contributed by atoms with Gasteiger partial charge in [0.15, 0.2) is 6.23 Å². The standard InChI is InChI=1S/C8H16N2O/c1-5-6-9-7(10-11-6)8(2,3)4/h6H,5H2,1-4H3,(H,9,10). The van der Waals surface area contributed by atoms with Crippen LogP contribution in [0, 0.1) is 5.41 Å². The summed E-state index contributed by atoms with van der Waals surface area (Å²) in [6.45, 7) is 8.39. The second kappa shape index (κ2) is 2.81. The Kier molecular flexibility index (Phi) is 2.18. The molecule has 11 heavy (non-hydrogen) atoms. The Morgan fingerprint density at radius 3 is 2.45 bits per heavy atom. The molecule has 0 fully saturated rings. The Hall–Kier alpha value is -0.570. The highest BCUT2D eigenvalue weighted by atomic mass is 16.7. The summed E-state index contributed by atoms with van der Waals surface area (Å²) >= 11 is 0. The Morgan fingerprint density at radius 2 is 2.18 bits per heavy atom.